The Bertz CT molecular complexity index is 658. The second kappa shape index (κ2) is 6.32. The molecule has 1 atom stereocenters. The summed E-state index contributed by atoms with van der Waals surface area (Å²) in [6.45, 7) is 1.21. The number of carbonyl (C=O) groups is 2. The van der Waals surface area contributed by atoms with Crippen molar-refractivity contribution < 1.29 is 19.1 Å². The maximum atomic E-state index is 12.3. The quantitative estimate of drug-likeness (QED) is 0.860. The molecule has 1 fully saturated rings. The number of hydrogen-bond donors (Lipinski definition) is 1. The summed E-state index contributed by atoms with van der Waals surface area (Å²) >= 11 is 0. The molecule has 0 spiro atoms. The van der Waals surface area contributed by atoms with Crippen molar-refractivity contribution in [1.29, 1.82) is 0 Å². The highest BCUT2D eigenvalue weighted by atomic mass is 16.4. The molecule has 2 aromatic rings. The van der Waals surface area contributed by atoms with Gasteiger partial charge in [-0.05, 0) is 31.5 Å². The molecule has 0 saturated carbocycles. The Morgan fingerprint density at radius 1 is 1.27 bits per heavy atom. The van der Waals surface area contributed by atoms with Crippen LogP contribution < -0.4 is 0 Å². The van der Waals surface area contributed by atoms with Crippen LogP contribution in [-0.4, -0.2) is 40.9 Å². The number of benzene rings is 1. The molecule has 2 heterocycles. The fourth-order valence-electron chi connectivity index (χ4n) is 3.03. The van der Waals surface area contributed by atoms with Crippen molar-refractivity contribution in [2.24, 2.45) is 0 Å². The Kier molecular flexibility index (Phi) is 4.24. The highest BCUT2D eigenvalue weighted by molar-refractivity contribution is 5.97. The van der Waals surface area contributed by atoms with Crippen molar-refractivity contribution in [3.8, 4) is 0 Å². The summed E-state index contributed by atoms with van der Waals surface area (Å²) in [6.07, 6.45) is 2.87. The van der Waals surface area contributed by atoms with Gasteiger partial charge in [0.2, 0.25) is 0 Å². The van der Waals surface area contributed by atoms with Crippen LogP contribution in [0.5, 0.6) is 0 Å². The number of carboxylic acid groups (broad SMARTS) is 1. The number of piperidine rings is 1. The zero-order valence-corrected chi connectivity index (χ0v) is 12.3. The monoisotopic (exact) mass is 301 g/mol. The van der Waals surface area contributed by atoms with Crippen molar-refractivity contribution >= 4 is 22.7 Å². The van der Waals surface area contributed by atoms with E-state index in [0.717, 1.165) is 24.8 Å². The third kappa shape index (κ3) is 3.04. The van der Waals surface area contributed by atoms with E-state index in [-0.39, 0.29) is 12.2 Å². The molecule has 0 bridgehead atoms. The van der Waals surface area contributed by atoms with Gasteiger partial charge in [0.05, 0.1) is 0 Å². The zero-order chi connectivity index (χ0) is 15.5. The van der Waals surface area contributed by atoms with Crippen molar-refractivity contribution in [2.75, 3.05) is 13.1 Å². The predicted octanol–water partition coefficient (Wildman–Crippen LogP) is 2.94. The van der Waals surface area contributed by atoms with Crippen LogP contribution in [0, 0.1) is 0 Å². The fraction of sp³-hybridized carbons (Fsp3) is 0.412. The molecule has 1 aromatic carbocycles. The third-order valence-corrected chi connectivity index (χ3v) is 4.23. The Hall–Kier alpha value is -2.14. The van der Waals surface area contributed by atoms with Gasteiger partial charge in [0, 0.05) is 18.4 Å². The first kappa shape index (κ1) is 14.8. The van der Waals surface area contributed by atoms with Gasteiger partial charge in [-0.2, -0.15) is 0 Å². The molecular formula is C17H19NO4. The third-order valence-electron chi connectivity index (χ3n) is 4.23. The van der Waals surface area contributed by atoms with E-state index in [0.29, 0.717) is 24.3 Å². The number of ketones is 1. The average molecular weight is 301 g/mol. The molecule has 0 radical (unpaired) electrons. The lowest BCUT2D eigenvalue weighted by atomic mass is 10.0. The Labute approximate surface area is 128 Å². The van der Waals surface area contributed by atoms with E-state index in [1.165, 1.54) is 0 Å². The molecule has 0 aliphatic carbocycles. The molecule has 1 aromatic heterocycles. The van der Waals surface area contributed by atoms with Gasteiger partial charge >= 0.3 is 5.97 Å². The SMILES string of the molecule is O=C(CCN1CCCCC1C(=O)O)c1cc2ccccc2o1. The number of carboxylic acids is 1. The molecule has 5 nitrogen and oxygen atoms in total. The summed E-state index contributed by atoms with van der Waals surface area (Å²) in [5, 5.41) is 10.2. The molecule has 0 amide bonds. The summed E-state index contributed by atoms with van der Waals surface area (Å²) in [6, 6.07) is 8.79. The molecule has 1 aliphatic rings. The number of furan rings is 1. The molecule has 1 unspecified atom stereocenters. The Balaban J connectivity index is 1.65. The normalized spacial score (nSPS) is 19.4. The van der Waals surface area contributed by atoms with Crippen LogP contribution in [0.4, 0.5) is 0 Å². The number of rotatable bonds is 5. The van der Waals surface area contributed by atoms with Gasteiger partial charge in [0.25, 0.3) is 0 Å². The Morgan fingerprint density at radius 3 is 2.86 bits per heavy atom. The van der Waals surface area contributed by atoms with Crippen molar-refractivity contribution in [3.63, 3.8) is 0 Å². The summed E-state index contributed by atoms with van der Waals surface area (Å²) in [4.78, 5) is 25.4. The minimum Gasteiger partial charge on any atom is -0.480 e. The van der Waals surface area contributed by atoms with Gasteiger partial charge in [-0.15, -0.1) is 0 Å². The molecule has 5 heteroatoms. The minimum absolute atomic E-state index is 0.0779. The Morgan fingerprint density at radius 2 is 2.09 bits per heavy atom. The van der Waals surface area contributed by atoms with Crippen molar-refractivity contribution in [3.05, 3.63) is 36.1 Å². The number of carbonyl (C=O) groups excluding carboxylic acids is 1. The van der Waals surface area contributed by atoms with Gasteiger partial charge in [-0.25, -0.2) is 0 Å². The fourth-order valence-corrected chi connectivity index (χ4v) is 3.03. The largest absolute Gasteiger partial charge is 0.480 e. The molecule has 1 saturated heterocycles. The maximum Gasteiger partial charge on any atom is 0.320 e. The van der Waals surface area contributed by atoms with Crippen molar-refractivity contribution in [1.82, 2.24) is 4.90 Å². The number of likely N-dealkylation sites (tertiary alicyclic amines) is 1. The van der Waals surface area contributed by atoms with E-state index in [1.807, 2.05) is 29.2 Å². The number of nitrogens with zero attached hydrogens (tertiary/aromatic N) is 1. The van der Waals surface area contributed by atoms with Crippen LogP contribution in [-0.2, 0) is 4.79 Å². The highest BCUT2D eigenvalue weighted by Gasteiger charge is 2.28. The molecule has 3 rings (SSSR count). The first-order valence-corrected chi connectivity index (χ1v) is 7.64. The smallest absolute Gasteiger partial charge is 0.320 e. The van der Waals surface area contributed by atoms with Crippen LogP contribution in [0.3, 0.4) is 0 Å². The average Bonchev–Trinajstić information content (AvgIpc) is 2.97. The van der Waals surface area contributed by atoms with Crippen LogP contribution in [0.2, 0.25) is 0 Å². The van der Waals surface area contributed by atoms with Crippen molar-refractivity contribution in [2.45, 2.75) is 31.7 Å². The van der Waals surface area contributed by atoms with Gasteiger partial charge in [0.1, 0.15) is 11.6 Å². The lowest BCUT2D eigenvalue weighted by Crippen LogP contribution is -2.45. The first-order chi connectivity index (χ1) is 10.6. The summed E-state index contributed by atoms with van der Waals surface area (Å²) in [5.41, 5.74) is 0.701. The summed E-state index contributed by atoms with van der Waals surface area (Å²) in [5.74, 6) is -0.521. The second-order valence-electron chi connectivity index (χ2n) is 5.71. The maximum absolute atomic E-state index is 12.3. The van der Waals surface area contributed by atoms with Crippen LogP contribution in [0.25, 0.3) is 11.0 Å². The molecule has 22 heavy (non-hydrogen) atoms. The second-order valence-corrected chi connectivity index (χ2v) is 5.71. The van der Waals surface area contributed by atoms with Gasteiger partial charge in [-0.1, -0.05) is 24.6 Å². The lowest BCUT2D eigenvalue weighted by Gasteiger charge is -2.32. The lowest BCUT2D eigenvalue weighted by molar-refractivity contribution is -0.144. The van der Waals surface area contributed by atoms with E-state index < -0.39 is 12.0 Å². The van der Waals surface area contributed by atoms with Gasteiger partial charge in [-0.3, -0.25) is 14.5 Å². The molecular weight excluding hydrogens is 282 g/mol. The van der Waals surface area contributed by atoms with Crippen LogP contribution >= 0.6 is 0 Å². The van der Waals surface area contributed by atoms with E-state index >= 15 is 0 Å². The number of hydrogen-bond acceptors (Lipinski definition) is 4. The van der Waals surface area contributed by atoms with E-state index in [4.69, 9.17) is 4.42 Å². The van der Waals surface area contributed by atoms with E-state index in [1.54, 1.807) is 6.07 Å². The van der Waals surface area contributed by atoms with Crippen LogP contribution in [0.15, 0.2) is 34.7 Å². The number of Topliss-reactive ketones (excluding diaryl/α,β-unsaturated/α-hetero) is 1. The predicted molar refractivity (Wildman–Crippen MR) is 82.0 cm³/mol. The first-order valence-electron chi connectivity index (χ1n) is 7.64. The zero-order valence-electron chi connectivity index (χ0n) is 12.3. The van der Waals surface area contributed by atoms with Gasteiger partial charge in [0.15, 0.2) is 11.5 Å². The van der Waals surface area contributed by atoms with E-state index in [9.17, 15) is 14.7 Å². The standard InChI is InChI=1S/C17H19NO4/c19-14(16-11-12-5-1-2-7-15(12)22-16)8-10-18-9-4-3-6-13(18)17(20)21/h1-2,5,7,11,13H,3-4,6,8-10H2,(H,20,21). The minimum atomic E-state index is -0.795. The number of fused-ring (bicyclic) bond motifs is 1. The highest BCUT2D eigenvalue weighted by Crippen LogP contribution is 2.21. The van der Waals surface area contributed by atoms with Crippen LogP contribution in [0.1, 0.15) is 36.2 Å². The molecule has 1 aliphatic heterocycles. The summed E-state index contributed by atoms with van der Waals surface area (Å²) < 4.78 is 5.56. The summed E-state index contributed by atoms with van der Waals surface area (Å²) in [7, 11) is 0. The number of aliphatic carboxylic acids is 1. The van der Waals surface area contributed by atoms with E-state index in [2.05, 4.69) is 0 Å². The topological polar surface area (TPSA) is 70.8 Å². The molecule has 1 N–H and O–H groups in total. The van der Waals surface area contributed by atoms with Gasteiger partial charge < -0.3 is 9.52 Å². The molecule has 116 valence electrons. The number of para-hydroxylation sites is 1.